The first-order valence-corrected chi connectivity index (χ1v) is 8.25. The number of aromatic amines is 2. The van der Waals surface area contributed by atoms with E-state index in [2.05, 4.69) is 32.3 Å². The Kier molecular flexibility index (Phi) is 3.09. The molecule has 0 saturated heterocycles. The third-order valence-electron chi connectivity index (χ3n) is 4.49. The maximum atomic E-state index is 9.14. The molecule has 2 heterocycles. The summed E-state index contributed by atoms with van der Waals surface area (Å²) in [5.41, 5.74) is 6.25. The van der Waals surface area contributed by atoms with Crippen LogP contribution >= 0.6 is 0 Å². The third kappa shape index (κ3) is 2.25. The smallest absolute Gasteiger partial charge is 0.138 e. The van der Waals surface area contributed by atoms with Gasteiger partial charge in [-0.15, -0.1) is 0 Å². The first-order chi connectivity index (χ1) is 12.8. The Morgan fingerprint density at radius 2 is 1.77 bits per heavy atom. The van der Waals surface area contributed by atoms with Gasteiger partial charge >= 0.3 is 0 Å². The number of nitrogens with one attached hydrogen (secondary N) is 2. The Balaban J connectivity index is 1.68. The van der Waals surface area contributed by atoms with Crippen molar-refractivity contribution in [3.05, 3.63) is 72.3 Å². The molecule has 0 aliphatic rings. The van der Waals surface area contributed by atoms with Gasteiger partial charge < -0.3 is 4.98 Å². The first kappa shape index (κ1) is 14.4. The van der Waals surface area contributed by atoms with Crippen molar-refractivity contribution in [2.75, 3.05) is 0 Å². The summed E-state index contributed by atoms with van der Waals surface area (Å²) in [7, 11) is 0. The molecule has 0 spiro atoms. The van der Waals surface area contributed by atoms with Gasteiger partial charge in [0.25, 0.3) is 0 Å². The monoisotopic (exact) mass is 335 g/mol. The van der Waals surface area contributed by atoms with Gasteiger partial charge in [0.1, 0.15) is 5.82 Å². The summed E-state index contributed by atoms with van der Waals surface area (Å²) in [5, 5.41) is 17.7. The second kappa shape index (κ2) is 5.57. The fraction of sp³-hybridized carbons (Fsp3) is 0. The van der Waals surface area contributed by atoms with Crippen molar-refractivity contribution in [1.29, 1.82) is 5.26 Å². The Morgan fingerprint density at radius 3 is 2.65 bits per heavy atom. The fourth-order valence-corrected chi connectivity index (χ4v) is 3.21. The zero-order chi connectivity index (χ0) is 17.5. The lowest BCUT2D eigenvalue weighted by molar-refractivity contribution is 1.12. The minimum atomic E-state index is 0.618. The van der Waals surface area contributed by atoms with Crippen LogP contribution in [0, 0.1) is 11.3 Å². The summed E-state index contributed by atoms with van der Waals surface area (Å²) in [4.78, 5) is 8.04. The molecule has 0 bridgehead atoms. The summed E-state index contributed by atoms with van der Waals surface area (Å²) in [5.74, 6) is 0.825. The Bertz CT molecular complexity index is 1270. The Morgan fingerprint density at radius 1 is 0.846 bits per heavy atom. The van der Waals surface area contributed by atoms with E-state index in [4.69, 9.17) is 5.26 Å². The van der Waals surface area contributed by atoms with Crippen LogP contribution in [0.1, 0.15) is 5.56 Å². The molecular weight excluding hydrogens is 322 g/mol. The van der Waals surface area contributed by atoms with E-state index in [0.29, 0.717) is 5.56 Å². The summed E-state index contributed by atoms with van der Waals surface area (Å²) in [6.07, 6.45) is 0. The molecule has 0 aliphatic carbocycles. The van der Waals surface area contributed by atoms with Gasteiger partial charge in [-0.1, -0.05) is 24.3 Å². The number of benzene rings is 3. The number of hydrogen-bond donors (Lipinski definition) is 2. The zero-order valence-electron chi connectivity index (χ0n) is 13.7. The van der Waals surface area contributed by atoms with Crippen LogP contribution in [0.2, 0.25) is 0 Å². The molecule has 0 amide bonds. The normalized spacial score (nSPS) is 11.0. The summed E-state index contributed by atoms with van der Waals surface area (Å²) < 4.78 is 0. The van der Waals surface area contributed by atoms with Crippen LogP contribution in [0.5, 0.6) is 0 Å². The van der Waals surface area contributed by atoms with E-state index in [1.165, 1.54) is 0 Å². The van der Waals surface area contributed by atoms with E-state index >= 15 is 0 Å². The largest absolute Gasteiger partial charge is 0.338 e. The lowest BCUT2D eigenvalue weighted by atomic mass is 10.0. The Labute approximate surface area is 148 Å². The van der Waals surface area contributed by atoms with Crippen LogP contribution in [0.3, 0.4) is 0 Å². The second-order valence-corrected chi connectivity index (χ2v) is 6.13. The van der Waals surface area contributed by atoms with Gasteiger partial charge in [-0.05, 0) is 42.5 Å². The highest BCUT2D eigenvalue weighted by molar-refractivity contribution is 5.95. The highest BCUT2D eigenvalue weighted by Crippen LogP contribution is 2.30. The number of aromatic nitrogens is 4. The van der Waals surface area contributed by atoms with Gasteiger partial charge in [-0.2, -0.15) is 10.4 Å². The molecular formula is C21H13N5. The van der Waals surface area contributed by atoms with Gasteiger partial charge in [0.05, 0.1) is 33.9 Å². The standard InChI is InChI=1S/C21H13N5/c22-12-13-4-3-5-14(10-13)20-16-11-15(8-9-17(16)25-26-20)21-23-18-6-1-2-7-19(18)24-21/h1-11H,(H,23,24)(H,25,26). The number of nitrogens with zero attached hydrogens (tertiary/aromatic N) is 3. The van der Waals surface area contributed by atoms with Gasteiger partial charge in [0.15, 0.2) is 0 Å². The van der Waals surface area contributed by atoms with Gasteiger partial charge in [0, 0.05) is 16.5 Å². The molecule has 0 radical (unpaired) electrons. The molecule has 5 heteroatoms. The van der Waals surface area contributed by atoms with Crippen LogP contribution in [-0.4, -0.2) is 20.2 Å². The highest BCUT2D eigenvalue weighted by Gasteiger charge is 2.12. The number of fused-ring (bicyclic) bond motifs is 2. The average Bonchev–Trinajstić information content (AvgIpc) is 3.31. The number of para-hydroxylation sites is 2. The van der Waals surface area contributed by atoms with Crippen LogP contribution in [0.15, 0.2) is 66.7 Å². The van der Waals surface area contributed by atoms with Crippen LogP contribution in [-0.2, 0) is 0 Å². The van der Waals surface area contributed by atoms with E-state index in [1.54, 1.807) is 6.07 Å². The minimum Gasteiger partial charge on any atom is -0.338 e. The molecule has 0 aliphatic heterocycles. The zero-order valence-corrected chi connectivity index (χ0v) is 13.7. The number of hydrogen-bond acceptors (Lipinski definition) is 3. The van der Waals surface area contributed by atoms with Crippen molar-refractivity contribution in [3.63, 3.8) is 0 Å². The summed E-state index contributed by atoms with van der Waals surface area (Å²) in [6, 6.07) is 23.7. The van der Waals surface area contributed by atoms with Gasteiger partial charge in [0.2, 0.25) is 0 Å². The predicted octanol–water partition coefficient (Wildman–Crippen LogP) is 4.64. The second-order valence-electron chi connectivity index (χ2n) is 6.13. The van der Waals surface area contributed by atoms with Crippen molar-refractivity contribution in [2.45, 2.75) is 0 Å². The van der Waals surface area contributed by atoms with Crippen molar-refractivity contribution in [3.8, 4) is 28.7 Å². The quantitative estimate of drug-likeness (QED) is 0.493. The van der Waals surface area contributed by atoms with Crippen molar-refractivity contribution >= 4 is 21.9 Å². The molecule has 0 atom stereocenters. The molecule has 26 heavy (non-hydrogen) atoms. The van der Waals surface area contributed by atoms with E-state index in [9.17, 15) is 0 Å². The van der Waals surface area contributed by atoms with Crippen molar-refractivity contribution in [1.82, 2.24) is 20.2 Å². The molecule has 5 rings (SSSR count). The number of imidazole rings is 1. The Hall–Kier alpha value is -3.91. The predicted molar refractivity (Wildman–Crippen MR) is 101 cm³/mol. The maximum Gasteiger partial charge on any atom is 0.138 e. The number of rotatable bonds is 2. The van der Waals surface area contributed by atoms with E-state index in [1.807, 2.05) is 54.6 Å². The molecule has 2 aromatic heterocycles. The summed E-state index contributed by atoms with van der Waals surface area (Å²) in [6.45, 7) is 0. The van der Waals surface area contributed by atoms with Crippen LogP contribution in [0.4, 0.5) is 0 Å². The van der Waals surface area contributed by atoms with E-state index in [0.717, 1.165) is 44.6 Å². The van der Waals surface area contributed by atoms with Crippen LogP contribution in [0.25, 0.3) is 44.6 Å². The van der Waals surface area contributed by atoms with Gasteiger partial charge in [-0.3, -0.25) is 5.10 Å². The van der Waals surface area contributed by atoms with Crippen molar-refractivity contribution < 1.29 is 0 Å². The van der Waals surface area contributed by atoms with Crippen LogP contribution < -0.4 is 0 Å². The summed E-state index contributed by atoms with van der Waals surface area (Å²) >= 11 is 0. The van der Waals surface area contributed by atoms with E-state index in [-0.39, 0.29) is 0 Å². The number of nitriles is 1. The van der Waals surface area contributed by atoms with Gasteiger partial charge in [-0.25, -0.2) is 4.98 Å². The van der Waals surface area contributed by atoms with E-state index < -0.39 is 0 Å². The molecule has 122 valence electrons. The minimum absolute atomic E-state index is 0.618. The molecule has 5 aromatic rings. The third-order valence-corrected chi connectivity index (χ3v) is 4.49. The first-order valence-electron chi connectivity index (χ1n) is 8.25. The SMILES string of the molecule is N#Cc1cccc(-c2n[nH]c3ccc(-c4nc5ccccc5[nH]4)cc23)c1. The molecule has 0 fully saturated rings. The molecule has 0 unspecified atom stereocenters. The lowest BCUT2D eigenvalue weighted by Gasteiger charge is -2.01. The number of H-pyrrole nitrogens is 2. The van der Waals surface area contributed by atoms with Crippen molar-refractivity contribution in [2.24, 2.45) is 0 Å². The molecule has 3 aromatic carbocycles. The lowest BCUT2D eigenvalue weighted by Crippen LogP contribution is -1.83. The fourth-order valence-electron chi connectivity index (χ4n) is 3.21. The maximum absolute atomic E-state index is 9.14. The molecule has 5 nitrogen and oxygen atoms in total. The topological polar surface area (TPSA) is 81.2 Å². The highest BCUT2D eigenvalue weighted by atomic mass is 15.1. The molecule has 2 N–H and O–H groups in total. The molecule has 0 saturated carbocycles. The average molecular weight is 335 g/mol.